The molecule has 0 fully saturated rings. The third kappa shape index (κ3) is 1.55. The summed E-state index contributed by atoms with van der Waals surface area (Å²) >= 11 is 0. The summed E-state index contributed by atoms with van der Waals surface area (Å²) in [4.78, 5) is 0. The van der Waals surface area contributed by atoms with Gasteiger partial charge in [0, 0.05) is 11.1 Å². The van der Waals surface area contributed by atoms with Crippen LogP contribution in [0.4, 0.5) is 0 Å². The Hall–Kier alpha value is -1.57. The molecule has 2 heteroatoms. The molecular formula is C12H13NO. The third-order valence-electron chi connectivity index (χ3n) is 2.27. The molecule has 72 valence electrons. The molecule has 2 aromatic rings. The first kappa shape index (κ1) is 9.00. The van der Waals surface area contributed by atoms with Crippen molar-refractivity contribution in [3.05, 3.63) is 42.2 Å². The Bertz CT molecular complexity index is 403. The fourth-order valence-corrected chi connectivity index (χ4v) is 1.47. The maximum Gasteiger partial charge on any atom is 0.127 e. The van der Waals surface area contributed by atoms with Gasteiger partial charge in [-0.15, -0.1) is 0 Å². The molecule has 0 unspecified atom stereocenters. The summed E-state index contributed by atoms with van der Waals surface area (Å²) in [6, 6.07) is 10.1. The lowest BCUT2D eigenvalue weighted by Gasteiger charge is -2.03. The van der Waals surface area contributed by atoms with Crippen molar-refractivity contribution in [1.29, 1.82) is 0 Å². The lowest BCUT2D eigenvalue weighted by atomic mass is 10.0. The first-order valence-corrected chi connectivity index (χ1v) is 4.78. The number of rotatable bonds is 2. The Morgan fingerprint density at radius 3 is 2.50 bits per heavy atom. The molecule has 0 aliphatic heterocycles. The lowest BCUT2D eigenvalue weighted by molar-refractivity contribution is 0.421. The van der Waals surface area contributed by atoms with Crippen LogP contribution in [0.3, 0.4) is 0 Å². The molecule has 0 N–H and O–H groups in total. The minimum Gasteiger partial charge on any atom is -0.364 e. The summed E-state index contributed by atoms with van der Waals surface area (Å²) in [5.41, 5.74) is 3.24. The van der Waals surface area contributed by atoms with E-state index in [1.54, 1.807) is 6.26 Å². The van der Waals surface area contributed by atoms with Crippen LogP contribution in [0.25, 0.3) is 11.3 Å². The van der Waals surface area contributed by atoms with Gasteiger partial charge in [-0.1, -0.05) is 49.3 Å². The van der Waals surface area contributed by atoms with E-state index in [0.717, 1.165) is 16.8 Å². The van der Waals surface area contributed by atoms with Gasteiger partial charge in [-0.05, 0) is 5.92 Å². The first-order chi connectivity index (χ1) is 6.79. The van der Waals surface area contributed by atoms with Gasteiger partial charge in [-0.3, -0.25) is 0 Å². The Morgan fingerprint density at radius 2 is 1.86 bits per heavy atom. The van der Waals surface area contributed by atoms with E-state index < -0.39 is 0 Å². The van der Waals surface area contributed by atoms with Gasteiger partial charge in [0.25, 0.3) is 0 Å². The molecule has 1 aromatic carbocycles. The largest absolute Gasteiger partial charge is 0.364 e. The summed E-state index contributed by atoms with van der Waals surface area (Å²) in [6.07, 6.45) is 1.73. The third-order valence-corrected chi connectivity index (χ3v) is 2.27. The SMILES string of the molecule is CC(C)c1conc1-c1ccccc1. The second-order valence-electron chi connectivity index (χ2n) is 3.64. The van der Waals surface area contributed by atoms with Crippen molar-refractivity contribution in [2.24, 2.45) is 0 Å². The van der Waals surface area contributed by atoms with E-state index in [1.165, 1.54) is 0 Å². The number of hydrogen-bond acceptors (Lipinski definition) is 2. The highest BCUT2D eigenvalue weighted by Crippen LogP contribution is 2.27. The molecule has 0 aliphatic carbocycles. The van der Waals surface area contributed by atoms with Crippen molar-refractivity contribution in [3.8, 4) is 11.3 Å². The van der Waals surface area contributed by atoms with Gasteiger partial charge in [0.05, 0.1) is 0 Å². The normalized spacial score (nSPS) is 10.8. The molecule has 0 saturated heterocycles. The van der Waals surface area contributed by atoms with Gasteiger partial charge in [0.15, 0.2) is 0 Å². The van der Waals surface area contributed by atoms with E-state index in [0.29, 0.717) is 5.92 Å². The van der Waals surface area contributed by atoms with Crippen LogP contribution in [0, 0.1) is 0 Å². The summed E-state index contributed by atoms with van der Waals surface area (Å²) in [7, 11) is 0. The molecule has 0 atom stereocenters. The molecule has 2 rings (SSSR count). The molecule has 0 amide bonds. The van der Waals surface area contributed by atoms with Gasteiger partial charge in [-0.25, -0.2) is 0 Å². The highest BCUT2D eigenvalue weighted by atomic mass is 16.5. The minimum absolute atomic E-state index is 0.441. The van der Waals surface area contributed by atoms with E-state index >= 15 is 0 Å². The summed E-state index contributed by atoms with van der Waals surface area (Å²) in [5.74, 6) is 0.441. The van der Waals surface area contributed by atoms with E-state index in [9.17, 15) is 0 Å². The molecular weight excluding hydrogens is 174 g/mol. The smallest absolute Gasteiger partial charge is 0.127 e. The standard InChI is InChI=1S/C12H13NO/c1-9(2)11-8-14-13-12(11)10-6-4-3-5-7-10/h3-9H,1-2H3. The van der Waals surface area contributed by atoms with Gasteiger partial charge >= 0.3 is 0 Å². The molecule has 0 saturated carbocycles. The van der Waals surface area contributed by atoms with Crippen molar-refractivity contribution in [1.82, 2.24) is 5.16 Å². The second-order valence-corrected chi connectivity index (χ2v) is 3.64. The van der Waals surface area contributed by atoms with Crippen LogP contribution in [0.15, 0.2) is 41.1 Å². The zero-order chi connectivity index (χ0) is 9.97. The number of nitrogens with zero attached hydrogens (tertiary/aromatic N) is 1. The quantitative estimate of drug-likeness (QED) is 0.719. The predicted octanol–water partition coefficient (Wildman–Crippen LogP) is 3.47. The highest BCUT2D eigenvalue weighted by molar-refractivity contribution is 5.62. The van der Waals surface area contributed by atoms with Crippen LogP contribution < -0.4 is 0 Å². The molecule has 1 aromatic heterocycles. The molecule has 0 spiro atoms. The maximum atomic E-state index is 5.01. The predicted molar refractivity (Wildman–Crippen MR) is 56.0 cm³/mol. The van der Waals surface area contributed by atoms with Crippen molar-refractivity contribution >= 4 is 0 Å². The fourth-order valence-electron chi connectivity index (χ4n) is 1.47. The minimum atomic E-state index is 0.441. The van der Waals surface area contributed by atoms with Crippen molar-refractivity contribution in [3.63, 3.8) is 0 Å². The van der Waals surface area contributed by atoms with E-state index in [-0.39, 0.29) is 0 Å². The Kier molecular flexibility index (Phi) is 2.35. The fraction of sp³-hybridized carbons (Fsp3) is 0.250. The Labute approximate surface area is 83.5 Å². The monoisotopic (exact) mass is 187 g/mol. The van der Waals surface area contributed by atoms with Gasteiger partial charge in [0.2, 0.25) is 0 Å². The van der Waals surface area contributed by atoms with Gasteiger partial charge < -0.3 is 4.52 Å². The zero-order valence-electron chi connectivity index (χ0n) is 8.40. The highest BCUT2D eigenvalue weighted by Gasteiger charge is 2.12. The Morgan fingerprint density at radius 1 is 1.14 bits per heavy atom. The average molecular weight is 187 g/mol. The molecule has 1 heterocycles. The average Bonchev–Trinajstić information content (AvgIpc) is 2.67. The number of hydrogen-bond donors (Lipinski definition) is 0. The zero-order valence-corrected chi connectivity index (χ0v) is 8.40. The molecule has 0 aliphatic rings. The summed E-state index contributed by atoms with van der Waals surface area (Å²) in [6.45, 7) is 4.28. The lowest BCUT2D eigenvalue weighted by Crippen LogP contribution is -1.88. The van der Waals surface area contributed by atoms with Gasteiger partial charge in [0.1, 0.15) is 12.0 Å². The number of benzene rings is 1. The second kappa shape index (κ2) is 3.66. The van der Waals surface area contributed by atoms with Crippen LogP contribution in [0.1, 0.15) is 25.3 Å². The van der Waals surface area contributed by atoms with E-state index in [4.69, 9.17) is 4.52 Å². The molecule has 0 radical (unpaired) electrons. The van der Waals surface area contributed by atoms with Crippen LogP contribution in [-0.4, -0.2) is 5.16 Å². The topological polar surface area (TPSA) is 26.0 Å². The number of aromatic nitrogens is 1. The molecule has 2 nitrogen and oxygen atoms in total. The van der Waals surface area contributed by atoms with E-state index in [2.05, 4.69) is 19.0 Å². The van der Waals surface area contributed by atoms with Crippen molar-refractivity contribution in [2.75, 3.05) is 0 Å². The van der Waals surface area contributed by atoms with Gasteiger partial charge in [-0.2, -0.15) is 0 Å². The maximum absolute atomic E-state index is 5.01. The van der Waals surface area contributed by atoms with E-state index in [1.807, 2.05) is 30.3 Å². The Balaban J connectivity index is 2.47. The summed E-state index contributed by atoms with van der Waals surface area (Å²) in [5, 5.41) is 4.03. The molecule has 14 heavy (non-hydrogen) atoms. The van der Waals surface area contributed by atoms with Crippen molar-refractivity contribution in [2.45, 2.75) is 19.8 Å². The molecule has 0 bridgehead atoms. The summed E-state index contributed by atoms with van der Waals surface area (Å²) < 4.78 is 5.01. The van der Waals surface area contributed by atoms with Crippen LogP contribution in [0.5, 0.6) is 0 Å². The van der Waals surface area contributed by atoms with Crippen LogP contribution in [-0.2, 0) is 0 Å². The van der Waals surface area contributed by atoms with Crippen LogP contribution >= 0.6 is 0 Å². The van der Waals surface area contributed by atoms with Crippen molar-refractivity contribution < 1.29 is 4.52 Å². The first-order valence-electron chi connectivity index (χ1n) is 4.78. The van der Waals surface area contributed by atoms with Crippen LogP contribution in [0.2, 0.25) is 0 Å².